The minimum atomic E-state index is -0.769. The normalized spacial score (nSPS) is 25.3. The van der Waals surface area contributed by atoms with Crippen molar-refractivity contribution in [2.45, 2.75) is 64.1 Å². The Bertz CT molecular complexity index is 735. The van der Waals surface area contributed by atoms with Gasteiger partial charge in [-0.15, -0.1) is 17.9 Å². The Morgan fingerprint density at radius 2 is 2.20 bits per heavy atom. The highest BCUT2D eigenvalue weighted by molar-refractivity contribution is 9.10. The Hall–Kier alpha value is -1.21. The molecule has 1 fully saturated rings. The molecule has 0 bridgehead atoms. The van der Waals surface area contributed by atoms with Crippen LogP contribution in [0, 0.1) is 24.7 Å². The molecule has 0 saturated heterocycles. The Labute approximate surface area is 192 Å². The standard InChI is InChI=1S/C24H33BrO4S/c1-3-17-14-23(27)21(8-6-4-5-7-9-24(28)29)20(17)13-11-18(26)10-12-19-15-22(25)16(2)30-19/h3-4,6,11,13,15,17-18,20-21,23,26-27H,1,5,7-10,12,14H2,2H3,(H,28,29)/b6-4+,13-11+. The Morgan fingerprint density at radius 3 is 2.83 bits per heavy atom. The van der Waals surface area contributed by atoms with E-state index in [0.717, 1.165) is 23.7 Å². The number of allylic oxidation sites excluding steroid dienone is 4. The second-order valence-electron chi connectivity index (χ2n) is 8.04. The lowest BCUT2D eigenvalue weighted by Crippen LogP contribution is -2.18. The molecule has 6 heteroatoms. The maximum absolute atomic E-state index is 10.6. The predicted molar refractivity (Wildman–Crippen MR) is 127 cm³/mol. The minimum absolute atomic E-state index is 0.0862. The molecule has 166 valence electrons. The van der Waals surface area contributed by atoms with E-state index in [1.807, 2.05) is 18.2 Å². The summed E-state index contributed by atoms with van der Waals surface area (Å²) >= 11 is 5.29. The summed E-state index contributed by atoms with van der Waals surface area (Å²) in [6, 6.07) is 2.12. The van der Waals surface area contributed by atoms with Gasteiger partial charge in [0.1, 0.15) is 0 Å². The zero-order chi connectivity index (χ0) is 22.1. The third kappa shape index (κ3) is 7.80. The third-order valence-electron chi connectivity index (χ3n) is 5.79. The predicted octanol–water partition coefficient (Wildman–Crippen LogP) is 5.67. The molecule has 3 N–H and O–H groups in total. The van der Waals surface area contributed by atoms with E-state index in [1.54, 1.807) is 11.3 Å². The molecule has 1 heterocycles. The number of aryl methyl sites for hydroxylation is 2. The van der Waals surface area contributed by atoms with Crippen molar-refractivity contribution in [3.63, 3.8) is 0 Å². The van der Waals surface area contributed by atoms with E-state index in [2.05, 4.69) is 47.7 Å². The molecule has 0 aromatic carbocycles. The lowest BCUT2D eigenvalue weighted by atomic mass is 9.86. The lowest BCUT2D eigenvalue weighted by molar-refractivity contribution is -0.137. The van der Waals surface area contributed by atoms with E-state index in [-0.39, 0.29) is 24.2 Å². The number of hydrogen-bond donors (Lipinski definition) is 3. The average molecular weight is 497 g/mol. The number of aliphatic carboxylic acids is 1. The molecule has 4 nitrogen and oxygen atoms in total. The number of carboxylic acid groups (broad SMARTS) is 1. The number of carboxylic acids is 1. The van der Waals surface area contributed by atoms with Gasteiger partial charge in [-0.1, -0.05) is 30.4 Å². The second-order valence-corrected chi connectivity index (χ2v) is 10.2. The molecule has 1 saturated carbocycles. The largest absolute Gasteiger partial charge is 0.481 e. The van der Waals surface area contributed by atoms with Crippen molar-refractivity contribution in [2.75, 3.05) is 0 Å². The van der Waals surface area contributed by atoms with Crippen LogP contribution in [0.1, 0.15) is 48.3 Å². The number of aliphatic hydroxyl groups is 2. The molecule has 5 unspecified atom stereocenters. The number of halogens is 1. The van der Waals surface area contributed by atoms with Crippen LogP contribution >= 0.6 is 27.3 Å². The first kappa shape index (κ1) is 25.1. The van der Waals surface area contributed by atoms with Gasteiger partial charge in [0.05, 0.1) is 12.2 Å². The van der Waals surface area contributed by atoms with Crippen molar-refractivity contribution in [1.82, 2.24) is 0 Å². The average Bonchev–Trinajstić information content (AvgIpc) is 3.19. The molecule has 5 atom stereocenters. The summed E-state index contributed by atoms with van der Waals surface area (Å²) in [5.41, 5.74) is 0. The summed E-state index contributed by atoms with van der Waals surface area (Å²) in [5.74, 6) is -0.337. The molecule has 0 spiro atoms. The van der Waals surface area contributed by atoms with Crippen LogP contribution in [-0.4, -0.2) is 33.5 Å². The summed E-state index contributed by atoms with van der Waals surface area (Å²) in [5, 5.41) is 29.6. The summed E-state index contributed by atoms with van der Waals surface area (Å²) in [6.45, 7) is 6.01. The number of hydrogen-bond acceptors (Lipinski definition) is 4. The Balaban J connectivity index is 1.89. The maximum Gasteiger partial charge on any atom is 0.303 e. The molecule has 0 amide bonds. The van der Waals surface area contributed by atoms with Crippen LogP contribution in [-0.2, 0) is 11.2 Å². The van der Waals surface area contributed by atoms with E-state index in [1.165, 1.54) is 9.75 Å². The number of rotatable bonds is 12. The number of thiophene rings is 1. The van der Waals surface area contributed by atoms with Gasteiger partial charge in [0.2, 0.25) is 0 Å². The highest BCUT2D eigenvalue weighted by atomic mass is 79.9. The molecule has 1 aromatic rings. The van der Waals surface area contributed by atoms with Crippen LogP contribution in [0.15, 0.2) is 47.5 Å². The Kier molecular flexibility index (Phi) is 10.5. The molecule has 1 aliphatic rings. The molecular formula is C24H33BrO4S. The molecule has 30 heavy (non-hydrogen) atoms. The van der Waals surface area contributed by atoms with Crippen molar-refractivity contribution < 1.29 is 20.1 Å². The van der Waals surface area contributed by atoms with Crippen LogP contribution in [0.5, 0.6) is 0 Å². The monoisotopic (exact) mass is 496 g/mol. The lowest BCUT2D eigenvalue weighted by Gasteiger charge is -2.20. The van der Waals surface area contributed by atoms with Gasteiger partial charge in [0.15, 0.2) is 0 Å². The van der Waals surface area contributed by atoms with Gasteiger partial charge in [-0.05, 0) is 85.2 Å². The van der Waals surface area contributed by atoms with Crippen molar-refractivity contribution in [2.24, 2.45) is 17.8 Å². The maximum atomic E-state index is 10.6. The molecule has 1 aromatic heterocycles. The molecule has 0 radical (unpaired) electrons. The topological polar surface area (TPSA) is 77.8 Å². The first-order valence-corrected chi connectivity index (χ1v) is 12.2. The first-order valence-electron chi connectivity index (χ1n) is 10.6. The zero-order valence-electron chi connectivity index (χ0n) is 17.5. The van der Waals surface area contributed by atoms with Gasteiger partial charge >= 0.3 is 5.97 Å². The van der Waals surface area contributed by atoms with Gasteiger partial charge in [0.25, 0.3) is 0 Å². The second kappa shape index (κ2) is 12.6. The zero-order valence-corrected chi connectivity index (χ0v) is 19.9. The van der Waals surface area contributed by atoms with E-state index in [4.69, 9.17) is 5.11 Å². The molecule has 1 aliphatic carbocycles. The van der Waals surface area contributed by atoms with Crippen molar-refractivity contribution >= 4 is 33.2 Å². The summed E-state index contributed by atoms with van der Waals surface area (Å²) in [4.78, 5) is 13.1. The van der Waals surface area contributed by atoms with Crippen LogP contribution in [0.25, 0.3) is 0 Å². The highest BCUT2D eigenvalue weighted by Gasteiger charge is 2.38. The summed E-state index contributed by atoms with van der Waals surface area (Å²) in [6.07, 6.45) is 13.5. The quantitative estimate of drug-likeness (QED) is 0.257. The minimum Gasteiger partial charge on any atom is -0.481 e. The third-order valence-corrected chi connectivity index (χ3v) is 7.98. The smallest absolute Gasteiger partial charge is 0.303 e. The Morgan fingerprint density at radius 1 is 1.43 bits per heavy atom. The summed E-state index contributed by atoms with van der Waals surface area (Å²) in [7, 11) is 0. The van der Waals surface area contributed by atoms with E-state index < -0.39 is 18.2 Å². The highest BCUT2D eigenvalue weighted by Crippen LogP contribution is 2.41. The van der Waals surface area contributed by atoms with Gasteiger partial charge < -0.3 is 15.3 Å². The summed E-state index contributed by atoms with van der Waals surface area (Å²) < 4.78 is 1.13. The fourth-order valence-electron chi connectivity index (χ4n) is 4.06. The van der Waals surface area contributed by atoms with E-state index in [9.17, 15) is 15.0 Å². The molecule has 2 rings (SSSR count). The number of aliphatic hydroxyl groups excluding tert-OH is 2. The number of unbranched alkanes of at least 4 members (excludes halogenated alkanes) is 1. The van der Waals surface area contributed by atoms with E-state index >= 15 is 0 Å². The SMILES string of the molecule is C=CC1CC(O)C(C/C=C/CCCC(=O)O)C1/C=C/C(O)CCc1cc(Br)c(C)s1. The van der Waals surface area contributed by atoms with Gasteiger partial charge in [-0.2, -0.15) is 0 Å². The fourth-order valence-corrected chi connectivity index (χ4v) is 5.68. The first-order chi connectivity index (χ1) is 14.3. The van der Waals surface area contributed by atoms with Gasteiger partial charge in [-0.25, -0.2) is 0 Å². The molecular weight excluding hydrogens is 464 g/mol. The van der Waals surface area contributed by atoms with Crippen molar-refractivity contribution in [1.29, 1.82) is 0 Å². The van der Waals surface area contributed by atoms with Gasteiger partial charge in [0, 0.05) is 20.6 Å². The van der Waals surface area contributed by atoms with Crippen LogP contribution in [0.4, 0.5) is 0 Å². The van der Waals surface area contributed by atoms with Crippen LogP contribution in [0.2, 0.25) is 0 Å². The van der Waals surface area contributed by atoms with Crippen LogP contribution < -0.4 is 0 Å². The van der Waals surface area contributed by atoms with Gasteiger partial charge in [-0.3, -0.25) is 4.79 Å². The van der Waals surface area contributed by atoms with Crippen LogP contribution in [0.3, 0.4) is 0 Å². The fraction of sp³-hybridized carbons (Fsp3) is 0.542. The van der Waals surface area contributed by atoms with E-state index in [0.29, 0.717) is 19.3 Å². The van der Waals surface area contributed by atoms with Crippen molar-refractivity contribution in [3.05, 3.63) is 57.3 Å². The van der Waals surface area contributed by atoms with Crippen molar-refractivity contribution in [3.8, 4) is 0 Å². The molecule has 0 aliphatic heterocycles. The number of carbonyl (C=O) groups is 1.